The van der Waals surface area contributed by atoms with Gasteiger partial charge in [-0.2, -0.15) is 0 Å². The largest absolute Gasteiger partial charge is 0.493 e. The molecule has 0 N–H and O–H groups in total. The number of aliphatic imine (C=N–C) groups is 1. The van der Waals surface area contributed by atoms with Crippen LogP contribution in [-0.2, 0) is 9.53 Å². The monoisotopic (exact) mass is 414 g/mol. The first-order valence-electron chi connectivity index (χ1n) is 8.32. The van der Waals surface area contributed by atoms with Gasteiger partial charge in [0.1, 0.15) is 6.61 Å². The predicted molar refractivity (Wildman–Crippen MR) is 107 cm³/mol. The number of nitrogens with zero attached hydrogens (tertiary/aromatic N) is 2. The van der Waals surface area contributed by atoms with Crippen LogP contribution >= 0.6 is 11.6 Å². The quantitative estimate of drug-likeness (QED) is 0.221. The number of nitro groups is 1. The fourth-order valence-electron chi connectivity index (χ4n) is 2.57. The number of benzene rings is 2. The molecule has 0 unspecified atom stereocenters. The van der Waals surface area contributed by atoms with Gasteiger partial charge in [0, 0.05) is 17.7 Å². The lowest BCUT2D eigenvalue weighted by Gasteiger charge is -2.12. The number of non-ortho nitro benzene ring substituents is 1. The summed E-state index contributed by atoms with van der Waals surface area (Å²) < 4.78 is 16.1. The van der Waals surface area contributed by atoms with E-state index in [0.29, 0.717) is 17.1 Å². The summed E-state index contributed by atoms with van der Waals surface area (Å²) in [4.78, 5) is 26.7. The second-order valence-electron chi connectivity index (χ2n) is 5.74. The first-order valence-corrected chi connectivity index (χ1v) is 8.70. The van der Waals surface area contributed by atoms with Crippen molar-refractivity contribution in [2.45, 2.75) is 0 Å². The zero-order valence-electron chi connectivity index (χ0n) is 15.3. The van der Waals surface area contributed by atoms with Crippen LogP contribution in [0.25, 0.3) is 6.08 Å². The molecule has 1 heterocycles. The molecule has 9 heteroatoms. The number of esters is 1. The van der Waals surface area contributed by atoms with Crippen LogP contribution in [0.5, 0.6) is 11.5 Å². The van der Waals surface area contributed by atoms with Crippen LogP contribution in [0.1, 0.15) is 11.1 Å². The number of para-hydroxylation sites is 1. The minimum atomic E-state index is -0.688. The molecule has 1 aliphatic heterocycles. The molecule has 8 nitrogen and oxygen atoms in total. The number of rotatable bonds is 7. The van der Waals surface area contributed by atoms with Crippen molar-refractivity contribution in [3.8, 4) is 11.5 Å². The van der Waals surface area contributed by atoms with Gasteiger partial charge in [0.15, 0.2) is 17.2 Å². The van der Waals surface area contributed by atoms with Crippen molar-refractivity contribution in [2.75, 3.05) is 13.7 Å². The highest BCUT2D eigenvalue weighted by atomic mass is 35.5. The highest BCUT2D eigenvalue weighted by Gasteiger charge is 2.27. The molecule has 0 amide bonds. The number of carbonyl (C=O) groups excluding carboxylic acids is 1. The number of halogens is 1. The van der Waals surface area contributed by atoms with Crippen molar-refractivity contribution in [3.63, 3.8) is 0 Å². The third kappa shape index (κ3) is 4.27. The highest BCUT2D eigenvalue weighted by Crippen LogP contribution is 2.34. The Morgan fingerprint density at radius 1 is 1.34 bits per heavy atom. The number of methoxy groups -OCH3 is 1. The number of hydrogen-bond donors (Lipinski definition) is 0. The molecular weight excluding hydrogens is 400 g/mol. The SMILES string of the molecule is C=CCOc1c(/C=C2\N=C(c3ccc([N+](=O)[O-])cc3Cl)OC2=O)cccc1OC. The third-order valence-corrected chi connectivity index (χ3v) is 4.19. The van der Waals surface area contributed by atoms with E-state index in [0.717, 1.165) is 6.07 Å². The molecule has 0 saturated carbocycles. The highest BCUT2D eigenvalue weighted by molar-refractivity contribution is 6.34. The van der Waals surface area contributed by atoms with Gasteiger partial charge in [-0.25, -0.2) is 9.79 Å². The minimum Gasteiger partial charge on any atom is -0.493 e. The van der Waals surface area contributed by atoms with Crippen LogP contribution in [-0.4, -0.2) is 30.5 Å². The summed E-state index contributed by atoms with van der Waals surface area (Å²) in [6.45, 7) is 3.86. The van der Waals surface area contributed by atoms with E-state index < -0.39 is 10.9 Å². The number of cyclic esters (lactones) is 1. The van der Waals surface area contributed by atoms with Crippen molar-refractivity contribution in [2.24, 2.45) is 4.99 Å². The van der Waals surface area contributed by atoms with Gasteiger partial charge in [0.25, 0.3) is 5.69 Å². The average Bonchev–Trinajstić information content (AvgIpc) is 3.06. The smallest absolute Gasteiger partial charge is 0.363 e. The van der Waals surface area contributed by atoms with E-state index in [9.17, 15) is 14.9 Å². The number of hydrogen-bond acceptors (Lipinski definition) is 7. The first-order chi connectivity index (χ1) is 13.9. The molecule has 0 radical (unpaired) electrons. The Bertz CT molecular complexity index is 1060. The maximum atomic E-state index is 12.3. The molecule has 0 aromatic heterocycles. The Morgan fingerprint density at radius 3 is 2.79 bits per heavy atom. The fourth-order valence-corrected chi connectivity index (χ4v) is 2.82. The van der Waals surface area contributed by atoms with E-state index in [2.05, 4.69) is 11.6 Å². The van der Waals surface area contributed by atoms with Gasteiger partial charge in [-0.1, -0.05) is 36.4 Å². The van der Waals surface area contributed by atoms with Crippen LogP contribution in [0.4, 0.5) is 5.69 Å². The van der Waals surface area contributed by atoms with Crippen LogP contribution in [0, 0.1) is 10.1 Å². The molecule has 2 aromatic carbocycles. The van der Waals surface area contributed by atoms with E-state index in [1.807, 2.05) is 0 Å². The van der Waals surface area contributed by atoms with Gasteiger partial charge in [-0.15, -0.1) is 0 Å². The van der Waals surface area contributed by atoms with Crippen LogP contribution in [0.15, 0.2) is 59.7 Å². The summed E-state index contributed by atoms with van der Waals surface area (Å²) in [5, 5.41) is 10.9. The van der Waals surface area contributed by atoms with Crippen molar-refractivity contribution < 1.29 is 23.9 Å². The fraction of sp³-hybridized carbons (Fsp3) is 0.100. The van der Waals surface area contributed by atoms with Gasteiger partial charge >= 0.3 is 5.97 Å². The van der Waals surface area contributed by atoms with Gasteiger partial charge in [0.05, 0.1) is 22.6 Å². The predicted octanol–water partition coefficient (Wildman–Crippen LogP) is 4.17. The van der Waals surface area contributed by atoms with Gasteiger partial charge in [-0.3, -0.25) is 10.1 Å². The molecule has 0 atom stereocenters. The van der Waals surface area contributed by atoms with E-state index in [-0.39, 0.29) is 34.5 Å². The van der Waals surface area contributed by atoms with Gasteiger partial charge in [0.2, 0.25) is 5.90 Å². The Kier molecular flexibility index (Phi) is 5.94. The van der Waals surface area contributed by atoms with Crippen LogP contribution in [0.3, 0.4) is 0 Å². The van der Waals surface area contributed by atoms with E-state index in [4.69, 9.17) is 25.8 Å². The average molecular weight is 415 g/mol. The minimum absolute atomic E-state index is 0.0196. The van der Waals surface area contributed by atoms with Crippen molar-refractivity contribution >= 4 is 35.2 Å². The summed E-state index contributed by atoms with van der Waals surface area (Å²) >= 11 is 6.09. The topological polar surface area (TPSA) is 100 Å². The van der Waals surface area contributed by atoms with Crippen molar-refractivity contribution in [1.82, 2.24) is 0 Å². The molecule has 29 heavy (non-hydrogen) atoms. The maximum absolute atomic E-state index is 12.3. The summed E-state index contributed by atoms with van der Waals surface area (Å²) in [6, 6.07) is 8.98. The lowest BCUT2D eigenvalue weighted by atomic mass is 10.1. The summed E-state index contributed by atoms with van der Waals surface area (Å²) in [6.07, 6.45) is 3.08. The van der Waals surface area contributed by atoms with E-state index in [1.54, 1.807) is 24.3 Å². The molecular formula is C20H15ClN2O6. The molecule has 0 saturated heterocycles. The zero-order chi connectivity index (χ0) is 21.0. The Morgan fingerprint density at radius 2 is 2.14 bits per heavy atom. The summed E-state index contributed by atoms with van der Waals surface area (Å²) in [7, 11) is 1.50. The lowest BCUT2D eigenvalue weighted by molar-refractivity contribution is -0.384. The lowest BCUT2D eigenvalue weighted by Crippen LogP contribution is -2.06. The molecule has 148 valence electrons. The zero-order valence-corrected chi connectivity index (χ0v) is 16.0. The molecule has 2 aromatic rings. The molecule has 0 spiro atoms. The first kappa shape index (κ1) is 20.1. The van der Waals surface area contributed by atoms with Crippen LogP contribution < -0.4 is 9.47 Å². The Labute approximate surface area is 170 Å². The Balaban J connectivity index is 1.99. The number of ether oxygens (including phenoxy) is 3. The number of carbonyl (C=O) groups is 1. The summed E-state index contributed by atoms with van der Waals surface area (Å²) in [5.41, 5.74) is 0.659. The second-order valence-corrected chi connectivity index (χ2v) is 6.14. The summed E-state index contributed by atoms with van der Waals surface area (Å²) in [5.74, 6) is 0.173. The second kappa shape index (κ2) is 8.57. The van der Waals surface area contributed by atoms with Gasteiger partial charge in [-0.05, 0) is 18.2 Å². The third-order valence-electron chi connectivity index (χ3n) is 3.88. The molecule has 0 aliphatic carbocycles. The Hall–Kier alpha value is -3.65. The van der Waals surface area contributed by atoms with Gasteiger partial charge < -0.3 is 14.2 Å². The normalized spacial score (nSPS) is 14.3. The van der Waals surface area contributed by atoms with Crippen LogP contribution in [0.2, 0.25) is 5.02 Å². The van der Waals surface area contributed by atoms with Crippen molar-refractivity contribution in [1.29, 1.82) is 0 Å². The number of nitro benzene ring substituents is 1. The maximum Gasteiger partial charge on any atom is 0.363 e. The molecule has 0 bridgehead atoms. The van der Waals surface area contributed by atoms with E-state index in [1.165, 1.54) is 25.3 Å². The molecule has 0 fully saturated rings. The standard InChI is InChI=1S/C20H15ClN2O6/c1-3-9-28-18-12(5-4-6-17(18)27-2)10-16-20(24)29-19(22-16)14-8-7-13(23(25)26)11-15(14)21/h3-8,10-11H,1,9H2,2H3/b16-10-. The van der Waals surface area contributed by atoms with Crippen molar-refractivity contribution in [3.05, 3.63) is 81.0 Å². The molecule has 3 rings (SSSR count). The molecule has 1 aliphatic rings. The van der Waals surface area contributed by atoms with E-state index >= 15 is 0 Å².